The van der Waals surface area contributed by atoms with E-state index in [-0.39, 0.29) is 36.0 Å². The van der Waals surface area contributed by atoms with E-state index in [2.05, 4.69) is 50.2 Å². The lowest BCUT2D eigenvalue weighted by atomic mass is 9.77. The summed E-state index contributed by atoms with van der Waals surface area (Å²) >= 11 is 0. The fraction of sp³-hybridized carbons (Fsp3) is 0.450. The van der Waals surface area contributed by atoms with Crippen LogP contribution in [0.2, 0.25) is 0 Å². The number of Topliss-reactive ketones (excluding diaryl/α,β-unsaturated/α-hetero) is 1. The molecule has 0 aromatic heterocycles. The van der Waals surface area contributed by atoms with E-state index in [0.717, 1.165) is 85.0 Å². The van der Waals surface area contributed by atoms with E-state index in [4.69, 9.17) is 5.73 Å². The summed E-state index contributed by atoms with van der Waals surface area (Å²) in [6.45, 7) is 6.92. The number of amidine groups is 1. The van der Waals surface area contributed by atoms with Crippen molar-refractivity contribution in [2.45, 2.75) is 71.3 Å². The fourth-order valence-electron chi connectivity index (χ4n) is 7.43. The van der Waals surface area contributed by atoms with Crippen LogP contribution in [-0.4, -0.2) is 55.8 Å². The molecule has 3 aliphatic rings. The maximum Gasteiger partial charge on any atom is 0.251 e. The highest BCUT2D eigenvalue weighted by Crippen LogP contribution is 2.32. The molecule has 1 aliphatic carbocycles. The third-order valence-electron chi connectivity index (χ3n) is 10.8. The molecule has 0 radical (unpaired) electrons. The maximum atomic E-state index is 13.8. The van der Waals surface area contributed by atoms with Gasteiger partial charge in [-0.15, -0.1) is 5.11 Å². The van der Waals surface area contributed by atoms with Gasteiger partial charge in [0, 0.05) is 41.1 Å². The number of nitrogens with two attached hydrogens (primary N) is 1. The second-order valence-corrected chi connectivity index (χ2v) is 14.1. The molecule has 50 heavy (non-hydrogen) atoms. The predicted octanol–water partition coefficient (Wildman–Crippen LogP) is 6.14. The summed E-state index contributed by atoms with van der Waals surface area (Å²) in [6, 6.07) is 19.8. The topological polar surface area (TPSA) is 150 Å². The fourth-order valence-corrected chi connectivity index (χ4v) is 7.43. The number of benzene rings is 3. The van der Waals surface area contributed by atoms with Crippen LogP contribution in [-0.2, 0) is 16.0 Å². The van der Waals surface area contributed by atoms with Gasteiger partial charge >= 0.3 is 0 Å². The van der Waals surface area contributed by atoms with Crippen LogP contribution >= 0.6 is 0 Å². The summed E-state index contributed by atoms with van der Waals surface area (Å²) in [7, 11) is 0. The van der Waals surface area contributed by atoms with Crippen LogP contribution < -0.4 is 21.7 Å². The molecule has 3 aromatic rings. The van der Waals surface area contributed by atoms with Gasteiger partial charge < -0.3 is 21.7 Å². The molecule has 262 valence electrons. The minimum absolute atomic E-state index is 0.0173. The lowest BCUT2D eigenvalue weighted by Crippen LogP contribution is -2.42. The molecule has 2 aliphatic heterocycles. The smallest absolute Gasteiger partial charge is 0.251 e. The Morgan fingerprint density at radius 3 is 2.22 bits per heavy atom. The number of azo groups is 1. The van der Waals surface area contributed by atoms with Crippen molar-refractivity contribution in [1.82, 2.24) is 10.6 Å². The van der Waals surface area contributed by atoms with E-state index in [9.17, 15) is 14.4 Å². The van der Waals surface area contributed by atoms with E-state index in [0.29, 0.717) is 42.6 Å². The Morgan fingerprint density at radius 1 is 0.860 bits per heavy atom. The van der Waals surface area contributed by atoms with Gasteiger partial charge in [-0.05, 0) is 142 Å². The van der Waals surface area contributed by atoms with Gasteiger partial charge in [0.05, 0.1) is 0 Å². The van der Waals surface area contributed by atoms with E-state index < -0.39 is 5.92 Å². The number of hydrogen-bond acceptors (Lipinski definition) is 8. The third-order valence-corrected chi connectivity index (χ3v) is 10.8. The first-order chi connectivity index (χ1) is 24.3. The number of ketones is 1. The van der Waals surface area contributed by atoms with E-state index in [1.165, 1.54) is 0 Å². The van der Waals surface area contributed by atoms with Crippen molar-refractivity contribution in [1.29, 1.82) is 0 Å². The lowest BCUT2D eigenvalue weighted by molar-refractivity contribution is -0.129. The number of aliphatic imine (C=N–C) groups is 1. The number of anilines is 1. The molecule has 0 unspecified atom stereocenters. The largest absolute Gasteiger partial charge is 0.349 e. The van der Waals surface area contributed by atoms with Gasteiger partial charge in [0.25, 0.3) is 5.91 Å². The van der Waals surface area contributed by atoms with Gasteiger partial charge in [-0.3, -0.25) is 14.4 Å². The van der Waals surface area contributed by atoms with E-state index >= 15 is 0 Å². The number of rotatable bonds is 12. The average Bonchev–Trinajstić information content (AvgIpc) is 3.69. The maximum absolute atomic E-state index is 13.8. The Labute approximate surface area is 294 Å². The molecule has 2 heterocycles. The monoisotopic (exact) mass is 675 g/mol. The SMILES string of the molecule is Cc1c(C(=O)NC2CCNCC2)ccc(-c2ccc(C[C@H](CC(=O)C3CCC(CN)CC3)C(=O)Nc3ccc(C4=NCN=N4)cc3)cc2)c1C. The molecule has 2 fully saturated rings. The van der Waals surface area contributed by atoms with E-state index in [1.54, 1.807) is 0 Å². The highest BCUT2D eigenvalue weighted by molar-refractivity contribution is 6.01. The van der Waals surface area contributed by atoms with Gasteiger partial charge in [-0.25, -0.2) is 4.99 Å². The Bertz CT molecular complexity index is 1740. The number of carbonyl (C=O) groups is 3. The van der Waals surface area contributed by atoms with Crippen molar-refractivity contribution in [2.75, 3.05) is 31.6 Å². The zero-order chi connectivity index (χ0) is 35.0. The zero-order valence-corrected chi connectivity index (χ0v) is 29.2. The summed E-state index contributed by atoms with van der Waals surface area (Å²) in [5, 5.41) is 17.6. The van der Waals surface area contributed by atoms with Crippen LogP contribution in [0.25, 0.3) is 11.1 Å². The summed E-state index contributed by atoms with van der Waals surface area (Å²) in [5.41, 5.74) is 13.2. The van der Waals surface area contributed by atoms with Crippen LogP contribution in [0.1, 0.15) is 77.6 Å². The Hall–Kier alpha value is -4.54. The van der Waals surface area contributed by atoms with Crippen molar-refractivity contribution < 1.29 is 14.4 Å². The average molecular weight is 676 g/mol. The Morgan fingerprint density at radius 2 is 1.56 bits per heavy atom. The van der Waals surface area contributed by atoms with Crippen LogP contribution in [0, 0.1) is 31.6 Å². The molecule has 10 heteroatoms. The molecule has 0 bridgehead atoms. The van der Waals surface area contributed by atoms with Crippen LogP contribution in [0.4, 0.5) is 5.69 Å². The highest BCUT2D eigenvalue weighted by atomic mass is 16.2. The lowest BCUT2D eigenvalue weighted by Gasteiger charge is -2.27. The van der Waals surface area contributed by atoms with Gasteiger partial charge in [-0.2, -0.15) is 5.11 Å². The molecule has 1 saturated heterocycles. The Balaban J connectivity index is 1.15. The summed E-state index contributed by atoms with van der Waals surface area (Å²) in [6.07, 6.45) is 6.12. The summed E-state index contributed by atoms with van der Waals surface area (Å²) < 4.78 is 0. The van der Waals surface area contributed by atoms with Crippen LogP contribution in [0.5, 0.6) is 0 Å². The number of hydrogen-bond donors (Lipinski definition) is 4. The number of piperidine rings is 1. The molecular weight excluding hydrogens is 626 g/mol. The molecule has 3 aromatic carbocycles. The molecule has 1 atom stereocenters. The number of amides is 2. The quantitative estimate of drug-likeness (QED) is 0.182. The first-order valence-electron chi connectivity index (χ1n) is 18.1. The van der Waals surface area contributed by atoms with Gasteiger partial charge in [0.2, 0.25) is 5.91 Å². The van der Waals surface area contributed by atoms with Gasteiger partial charge in [-0.1, -0.05) is 30.3 Å². The van der Waals surface area contributed by atoms with Crippen molar-refractivity contribution in [3.05, 3.63) is 88.5 Å². The molecule has 10 nitrogen and oxygen atoms in total. The minimum Gasteiger partial charge on any atom is -0.349 e. The van der Waals surface area contributed by atoms with Crippen molar-refractivity contribution in [3.8, 4) is 11.1 Å². The molecule has 2 amide bonds. The molecule has 1 saturated carbocycles. The third kappa shape index (κ3) is 8.60. The molecular formula is C40H49N7O3. The second-order valence-electron chi connectivity index (χ2n) is 14.1. The van der Waals surface area contributed by atoms with Crippen molar-refractivity contribution >= 4 is 29.1 Å². The summed E-state index contributed by atoms with van der Waals surface area (Å²) in [4.78, 5) is 44.7. The van der Waals surface area contributed by atoms with Gasteiger partial charge in [0.1, 0.15) is 5.78 Å². The number of nitrogens with zero attached hydrogens (tertiary/aromatic N) is 3. The van der Waals surface area contributed by atoms with E-state index in [1.807, 2.05) is 55.5 Å². The normalized spacial score (nSPS) is 19.9. The van der Waals surface area contributed by atoms with Crippen LogP contribution in [0.3, 0.4) is 0 Å². The zero-order valence-electron chi connectivity index (χ0n) is 29.2. The molecule has 0 spiro atoms. The number of carbonyl (C=O) groups excluding carboxylic acids is 3. The minimum atomic E-state index is -0.519. The van der Waals surface area contributed by atoms with Gasteiger partial charge in [0.15, 0.2) is 12.5 Å². The predicted molar refractivity (Wildman–Crippen MR) is 197 cm³/mol. The second kappa shape index (κ2) is 16.4. The van der Waals surface area contributed by atoms with Crippen LogP contribution in [0.15, 0.2) is 75.9 Å². The first-order valence-corrected chi connectivity index (χ1v) is 18.1. The Kier molecular flexibility index (Phi) is 11.6. The van der Waals surface area contributed by atoms with Crippen molar-refractivity contribution in [2.24, 2.45) is 38.7 Å². The van der Waals surface area contributed by atoms with Crippen molar-refractivity contribution in [3.63, 3.8) is 0 Å². The molecule has 5 N–H and O–H groups in total. The highest BCUT2D eigenvalue weighted by Gasteiger charge is 2.30. The summed E-state index contributed by atoms with van der Waals surface area (Å²) in [5.74, 6) is 0.495. The first kappa shape index (κ1) is 35.3. The molecule has 6 rings (SSSR count). The number of nitrogens with one attached hydrogen (secondary N) is 3. The standard InChI is InChI=1S/C40H49N7O3/c1-25-26(2)36(40(50)46-34-17-19-42-20-18-34)16-15-35(25)29-7-3-27(4-8-29)21-32(22-37(48)30-9-5-28(23-41)6-10-30)39(49)45-33-13-11-31(12-14-33)38-43-24-44-47-38/h3-4,7-8,11-16,28,30,32,34,42H,5-6,9-10,17-24,41H2,1-2H3,(H,45,49)(H,46,50)/t28?,30?,32-/m1/s1.